The molecule has 1 aliphatic heterocycles. The fourth-order valence-electron chi connectivity index (χ4n) is 1.91. The summed E-state index contributed by atoms with van der Waals surface area (Å²) < 4.78 is 0. The Balaban J connectivity index is 1.90. The summed E-state index contributed by atoms with van der Waals surface area (Å²) in [6, 6.07) is 7.48. The van der Waals surface area contributed by atoms with Gasteiger partial charge in [-0.05, 0) is 18.6 Å². The predicted octanol–water partition coefficient (Wildman–Crippen LogP) is -0.117. The van der Waals surface area contributed by atoms with Gasteiger partial charge in [0.25, 0.3) is 0 Å². The summed E-state index contributed by atoms with van der Waals surface area (Å²) >= 11 is 0. The summed E-state index contributed by atoms with van der Waals surface area (Å²) in [6.07, 6.45) is 0.642. The second kappa shape index (κ2) is 4.96. The van der Waals surface area contributed by atoms with E-state index in [9.17, 15) is 9.90 Å². The molecule has 0 saturated heterocycles. The van der Waals surface area contributed by atoms with Gasteiger partial charge in [-0.15, -0.1) is 0 Å². The van der Waals surface area contributed by atoms with Gasteiger partial charge in [0.15, 0.2) is 0 Å². The second-order valence-corrected chi connectivity index (χ2v) is 4.93. The number of amides is 1. The minimum Gasteiger partial charge on any atom is -0.393 e. The van der Waals surface area contributed by atoms with Crippen LogP contribution in [0.15, 0.2) is 24.3 Å². The van der Waals surface area contributed by atoms with Gasteiger partial charge in [0.2, 0.25) is 5.91 Å². The smallest absolute Gasteiger partial charge is 0.242 e. The van der Waals surface area contributed by atoms with Crippen LogP contribution in [-0.2, 0) is 11.2 Å². The Morgan fingerprint density at radius 3 is 2.94 bits per heavy atom. The average molecular weight is 250 g/mol. The Hall–Kier alpha value is -1.59. The van der Waals surface area contributed by atoms with Crippen molar-refractivity contribution in [3.8, 4) is 0 Å². The number of hydrogen-bond donors (Lipinski definition) is 4. The summed E-state index contributed by atoms with van der Waals surface area (Å²) in [5.74, 6) is -0.167. The first-order chi connectivity index (χ1) is 8.52. The first-order valence-electron chi connectivity index (χ1n) is 5.97. The molecular formula is C13H18N2O3. The summed E-state index contributed by atoms with van der Waals surface area (Å²) in [7, 11) is 0. The van der Waals surface area contributed by atoms with Gasteiger partial charge in [0.05, 0.1) is 6.61 Å². The molecule has 0 bridgehead atoms. The van der Waals surface area contributed by atoms with Crippen molar-refractivity contribution in [1.82, 2.24) is 5.32 Å². The topological polar surface area (TPSA) is 81.6 Å². The molecule has 5 heteroatoms. The van der Waals surface area contributed by atoms with Crippen LogP contribution in [0.2, 0.25) is 0 Å². The van der Waals surface area contributed by atoms with Crippen molar-refractivity contribution in [2.75, 3.05) is 18.5 Å². The number of carbonyl (C=O) groups is 1. The molecule has 0 saturated carbocycles. The maximum absolute atomic E-state index is 11.9. The Morgan fingerprint density at radius 1 is 1.56 bits per heavy atom. The third-order valence-electron chi connectivity index (χ3n) is 3.07. The monoisotopic (exact) mass is 250 g/mol. The minimum absolute atomic E-state index is 0.0386. The third kappa shape index (κ3) is 2.80. The molecule has 1 unspecified atom stereocenters. The lowest BCUT2D eigenvalue weighted by Gasteiger charge is -2.22. The van der Waals surface area contributed by atoms with Gasteiger partial charge in [-0.1, -0.05) is 18.2 Å². The fourth-order valence-corrected chi connectivity index (χ4v) is 1.91. The molecule has 0 radical (unpaired) electrons. The van der Waals surface area contributed by atoms with Gasteiger partial charge >= 0.3 is 0 Å². The normalized spacial score (nSPS) is 20.7. The van der Waals surface area contributed by atoms with Crippen molar-refractivity contribution in [2.24, 2.45) is 0 Å². The van der Waals surface area contributed by atoms with Gasteiger partial charge in [-0.3, -0.25) is 4.79 Å². The van der Waals surface area contributed by atoms with E-state index < -0.39 is 5.60 Å². The first kappa shape index (κ1) is 12.9. The van der Waals surface area contributed by atoms with Gasteiger partial charge in [0.1, 0.15) is 11.6 Å². The lowest BCUT2D eigenvalue weighted by molar-refractivity contribution is -0.123. The third-order valence-corrected chi connectivity index (χ3v) is 3.07. The standard InChI is InChI=1S/C13H18N2O3/c1-13(18,8-16)7-14-12(17)11-6-9-4-2-3-5-10(9)15-11/h2-5,11,15-16,18H,6-8H2,1H3,(H,14,17)/t11-,13?/m0/s1. The molecular weight excluding hydrogens is 232 g/mol. The van der Waals surface area contributed by atoms with Crippen LogP contribution in [0, 0.1) is 0 Å². The molecule has 0 spiro atoms. The first-order valence-corrected chi connectivity index (χ1v) is 5.97. The van der Waals surface area contributed by atoms with Gasteiger partial charge in [-0.25, -0.2) is 0 Å². The Morgan fingerprint density at radius 2 is 2.28 bits per heavy atom. The van der Waals surface area contributed by atoms with Crippen LogP contribution in [0.3, 0.4) is 0 Å². The molecule has 4 N–H and O–H groups in total. The minimum atomic E-state index is -1.28. The molecule has 2 atom stereocenters. The van der Waals surface area contributed by atoms with Crippen LogP contribution in [-0.4, -0.2) is 40.9 Å². The van der Waals surface area contributed by atoms with Gasteiger partial charge in [0, 0.05) is 18.7 Å². The van der Waals surface area contributed by atoms with E-state index in [1.165, 1.54) is 6.92 Å². The van der Waals surface area contributed by atoms with E-state index in [0.29, 0.717) is 6.42 Å². The molecule has 0 aromatic heterocycles. The molecule has 2 rings (SSSR count). The molecule has 98 valence electrons. The largest absolute Gasteiger partial charge is 0.393 e. The number of aliphatic hydroxyl groups excluding tert-OH is 1. The zero-order chi connectivity index (χ0) is 13.2. The van der Waals surface area contributed by atoms with Crippen LogP contribution in [0.25, 0.3) is 0 Å². The number of benzene rings is 1. The second-order valence-electron chi connectivity index (χ2n) is 4.93. The Kier molecular flexibility index (Phi) is 3.54. The van der Waals surface area contributed by atoms with Crippen molar-refractivity contribution >= 4 is 11.6 Å². The summed E-state index contributed by atoms with van der Waals surface area (Å²) in [5.41, 5.74) is 0.819. The Labute approximate surface area is 106 Å². The van der Waals surface area contributed by atoms with E-state index in [2.05, 4.69) is 10.6 Å². The average Bonchev–Trinajstić information content (AvgIpc) is 2.80. The van der Waals surface area contributed by atoms with Crippen molar-refractivity contribution in [1.29, 1.82) is 0 Å². The molecule has 1 aliphatic rings. The van der Waals surface area contributed by atoms with Crippen molar-refractivity contribution in [2.45, 2.75) is 25.0 Å². The lowest BCUT2D eigenvalue weighted by Crippen LogP contribution is -2.47. The van der Waals surface area contributed by atoms with E-state index in [4.69, 9.17) is 5.11 Å². The highest BCUT2D eigenvalue weighted by atomic mass is 16.3. The molecule has 1 heterocycles. The summed E-state index contributed by atoms with van der Waals surface area (Å²) in [4.78, 5) is 11.9. The number of aliphatic hydroxyl groups is 2. The van der Waals surface area contributed by atoms with E-state index in [-0.39, 0.29) is 25.1 Å². The number of anilines is 1. The van der Waals surface area contributed by atoms with Crippen LogP contribution in [0.1, 0.15) is 12.5 Å². The van der Waals surface area contributed by atoms with Crippen molar-refractivity contribution < 1.29 is 15.0 Å². The van der Waals surface area contributed by atoms with Gasteiger partial charge < -0.3 is 20.8 Å². The van der Waals surface area contributed by atoms with E-state index in [1.807, 2.05) is 24.3 Å². The maximum Gasteiger partial charge on any atom is 0.242 e. The molecule has 5 nitrogen and oxygen atoms in total. The Bertz CT molecular complexity index is 421. The number of nitrogens with one attached hydrogen (secondary N) is 2. The maximum atomic E-state index is 11.9. The van der Waals surface area contributed by atoms with Crippen LogP contribution >= 0.6 is 0 Å². The van der Waals surface area contributed by atoms with E-state index in [0.717, 1.165) is 11.3 Å². The SMILES string of the molecule is CC(O)(CO)CNC(=O)[C@@H]1Cc2ccccc2N1. The molecule has 1 aromatic rings. The zero-order valence-corrected chi connectivity index (χ0v) is 10.3. The lowest BCUT2D eigenvalue weighted by atomic mass is 10.1. The predicted molar refractivity (Wildman–Crippen MR) is 68.3 cm³/mol. The van der Waals surface area contributed by atoms with Crippen molar-refractivity contribution in [3.63, 3.8) is 0 Å². The highest BCUT2D eigenvalue weighted by Crippen LogP contribution is 2.25. The number of hydrogen-bond acceptors (Lipinski definition) is 4. The van der Waals surface area contributed by atoms with E-state index in [1.54, 1.807) is 0 Å². The fraction of sp³-hybridized carbons (Fsp3) is 0.462. The van der Waals surface area contributed by atoms with Crippen LogP contribution < -0.4 is 10.6 Å². The quantitative estimate of drug-likeness (QED) is 0.600. The number of rotatable bonds is 4. The molecule has 0 aliphatic carbocycles. The number of carbonyl (C=O) groups excluding carboxylic acids is 1. The summed E-state index contributed by atoms with van der Waals surface area (Å²) in [6.45, 7) is 1.13. The van der Waals surface area contributed by atoms with Crippen molar-refractivity contribution in [3.05, 3.63) is 29.8 Å². The van der Waals surface area contributed by atoms with Gasteiger partial charge in [-0.2, -0.15) is 0 Å². The number of fused-ring (bicyclic) bond motifs is 1. The molecule has 18 heavy (non-hydrogen) atoms. The number of para-hydroxylation sites is 1. The zero-order valence-electron chi connectivity index (χ0n) is 10.3. The van der Waals surface area contributed by atoms with E-state index >= 15 is 0 Å². The molecule has 1 aromatic carbocycles. The highest BCUT2D eigenvalue weighted by Gasteiger charge is 2.28. The molecule has 0 fully saturated rings. The highest BCUT2D eigenvalue weighted by molar-refractivity contribution is 5.87. The molecule has 1 amide bonds. The summed E-state index contributed by atoms with van der Waals surface area (Å²) in [5, 5.41) is 24.3. The van der Waals surface area contributed by atoms with Crippen LogP contribution in [0.5, 0.6) is 0 Å². The van der Waals surface area contributed by atoms with Crippen LogP contribution in [0.4, 0.5) is 5.69 Å².